The highest BCUT2D eigenvalue weighted by Gasteiger charge is 2.10. The summed E-state index contributed by atoms with van der Waals surface area (Å²) in [6.45, 7) is 0. The van der Waals surface area contributed by atoms with Crippen LogP contribution in [-0.2, 0) is 0 Å². The molecule has 0 atom stereocenters. The molecule has 3 heteroatoms. The zero-order chi connectivity index (χ0) is 6.53. The molecular formula is C6H13NSi2. The second-order valence-corrected chi connectivity index (χ2v) is 5.85. The van der Waals surface area contributed by atoms with Crippen molar-refractivity contribution >= 4 is 19.4 Å². The van der Waals surface area contributed by atoms with E-state index in [0.717, 1.165) is 0 Å². The molecular weight excluding hydrogens is 142 g/mol. The number of hydrogen-bond donors (Lipinski definition) is 1. The van der Waals surface area contributed by atoms with Gasteiger partial charge in [-0.2, -0.15) is 0 Å². The Morgan fingerprint density at radius 2 is 1.56 bits per heavy atom. The fraction of sp³-hybridized carbons (Fsp3) is 1.00. The minimum Gasteiger partial charge on any atom is -0.364 e. The van der Waals surface area contributed by atoms with Crippen LogP contribution < -0.4 is 4.65 Å². The molecule has 9 heavy (non-hydrogen) atoms. The summed E-state index contributed by atoms with van der Waals surface area (Å²) < 4.78 is 3.25. The molecule has 0 spiro atoms. The van der Waals surface area contributed by atoms with E-state index in [-0.39, 0.29) is 8.96 Å². The van der Waals surface area contributed by atoms with Crippen LogP contribution in [0.1, 0.15) is 25.7 Å². The van der Waals surface area contributed by atoms with Crippen LogP contribution in [-0.4, -0.2) is 19.4 Å². The lowest BCUT2D eigenvalue weighted by Gasteiger charge is -2.07. The Hall–Kier alpha value is 0.394. The minimum absolute atomic E-state index is 0.160. The van der Waals surface area contributed by atoms with Crippen molar-refractivity contribution in [2.45, 2.75) is 37.8 Å². The van der Waals surface area contributed by atoms with Crippen LogP contribution in [0.2, 0.25) is 12.1 Å². The van der Waals surface area contributed by atoms with Gasteiger partial charge in [-0.15, -0.1) is 0 Å². The average Bonchev–Trinajstić information content (AvgIpc) is 2.13. The van der Waals surface area contributed by atoms with Gasteiger partial charge in [0, 0.05) is 0 Å². The number of nitrogens with one attached hydrogen (secondary N) is 1. The van der Waals surface area contributed by atoms with E-state index < -0.39 is 0 Å². The van der Waals surface area contributed by atoms with Gasteiger partial charge in [0.2, 0.25) is 0 Å². The molecule has 1 rings (SSSR count). The fourth-order valence-electron chi connectivity index (χ4n) is 1.28. The van der Waals surface area contributed by atoms with Gasteiger partial charge < -0.3 is 4.65 Å². The summed E-state index contributed by atoms with van der Waals surface area (Å²) in [6, 6.07) is 2.91. The molecule has 1 nitrogen and oxygen atoms in total. The van der Waals surface area contributed by atoms with E-state index in [4.69, 9.17) is 0 Å². The summed E-state index contributed by atoms with van der Waals surface area (Å²) in [7, 11) is 3.23. The van der Waals surface area contributed by atoms with Crippen molar-refractivity contribution in [1.82, 2.24) is 4.65 Å². The van der Waals surface area contributed by atoms with Crippen molar-refractivity contribution in [2.24, 2.45) is 0 Å². The lowest BCUT2D eigenvalue weighted by molar-refractivity contribution is 0.720. The van der Waals surface area contributed by atoms with E-state index in [1.807, 2.05) is 0 Å². The molecule has 0 amide bonds. The first-order valence-corrected chi connectivity index (χ1v) is 6.12. The smallest absolute Gasteiger partial charge is 0.132 e. The van der Waals surface area contributed by atoms with Gasteiger partial charge in [0.25, 0.3) is 0 Å². The molecule has 0 bridgehead atoms. The van der Waals surface area contributed by atoms with Gasteiger partial charge >= 0.3 is 0 Å². The molecule has 4 radical (unpaired) electrons. The number of rotatable bonds is 1. The summed E-state index contributed by atoms with van der Waals surface area (Å²) in [5.41, 5.74) is 0. The van der Waals surface area contributed by atoms with Crippen molar-refractivity contribution in [1.29, 1.82) is 0 Å². The Labute approximate surface area is 62.4 Å². The van der Waals surface area contributed by atoms with Crippen molar-refractivity contribution in [3.8, 4) is 0 Å². The molecule has 1 saturated heterocycles. The average molecular weight is 155 g/mol. The van der Waals surface area contributed by atoms with Crippen LogP contribution in [0.3, 0.4) is 0 Å². The molecule has 0 aliphatic carbocycles. The first kappa shape index (κ1) is 7.50. The molecule has 50 valence electrons. The van der Waals surface area contributed by atoms with Gasteiger partial charge in [0.1, 0.15) is 19.4 Å². The van der Waals surface area contributed by atoms with Crippen LogP contribution in [0, 0.1) is 0 Å². The Kier molecular flexibility index (Phi) is 3.54. The molecule has 1 aliphatic rings. The van der Waals surface area contributed by atoms with Gasteiger partial charge in [0.15, 0.2) is 0 Å². The van der Waals surface area contributed by atoms with Gasteiger partial charge in [-0.25, -0.2) is 0 Å². The summed E-state index contributed by atoms with van der Waals surface area (Å²) in [5.74, 6) is 0. The Bertz CT molecular complexity index is 69.5. The normalized spacial score (nSPS) is 23.7. The predicted molar refractivity (Wildman–Crippen MR) is 42.7 cm³/mol. The topological polar surface area (TPSA) is 12.0 Å². The molecule has 1 N–H and O–H groups in total. The Morgan fingerprint density at radius 3 is 2.00 bits per heavy atom. The first-order valence-electron chi connectivity index (χ1n) is 3.71. The monoisotopic (exact) mass is 155 g/mol. The molecule has 1 heterocycles. The third-order valence-corrected chi connectivity index (χ3v) is 5.21. The molecule has 1 aliphatic heterocycles. The summed E-state index contributed by atoms with van der Waals surface area (Å²) in [5, 5.41) is 0. The van der Waals surface area contributed by atoms with Crippen molar-refractivity contribution < 1.29 is 0 Å². The summed E-state index contributed by atoms with van der Waals surface area (Å²) >= 11 is 0. The highest BCUT2D eigenvalue weighted by molar-refractivity contribution is 6.61. The van der Waals surface area contributed by atoms with Crippen LogP contribution in [0.25, 0.3) is 0 Å². The quantitative estimate of drug-likeness (QED) is 0.562. The zero-order valence-electron chi connectivity index (χ0n) is 5.74. The van der Waals surface area contributed by atoms with E-state index in [1.54, 1.807) is 0 Å². The second kappa shape index (κ2) is 4.25. The maximum Gasteiger partial charge on any atom is 0.132 e. The highest BCUT2D eigenvalue weighted by atomic mass is 28.3. The van der Waals surface area contributed by atoms with Gasteiger partial charge in [-0.3, -0.25) is 0 Å². The van der Waals surface area contributed by atoms with E-state index >= 15 is 0 Å². The first-order chi connectivity index (χ1) is 4.43. The third-order valence-electron chi connectivity index (χ3n) is 1.88. The summed E-state index contributed by atoms with van der Waals surface area (Å²) in [6.07, 6.45) is 5.82. The van der Waals surface area contributed by atoms with Crippen LogP contribution in [0.4, 0.5) is 0 Å². The zero-order valence-corrected chi connectivity index (χ0v) is 7.74. The molecule has 0 aromatic carbocycles. The van der Waals surface area contributed by atoms with Crippen LogP contribution in [0.15, 0.2) is 0 Å². The molecule has 1 fully saturated rings. The number of hydrogen-bond acceptors (Lipinski definition) is 1. The van der Waals surface area contributed by atoms with E-state index in [1.165, 1.54) is 37.8 Å². The Balaban J connectivity index is 2.18. The van der Waals surface area contributed by atoms with Crippen molar-refractivity contribution in [2.75, 3.05) is 0 Å². The maximum absolute atomic E-state index is 3.39. The van der Waals surface area contributed by atoms with Crippen LogP contribution >= 0.6 is 0 Å². The van der Waals surface area contributed by atoms with Gasteiger partial charge in [0.05, 0.1) is 0 Å². The van der Waals surface area contributed by atoms with E-state index in [2.05, 4.69) is 15.1 Å². The lowest BCUT2D eigenvalue weighted by atomic mass is 10.2. The molecule has 0 aromatic heterocycles. The predicted octanol–water partition coefficient (Wildman–Crippen LogP) is 1.22. The lowest BCUT2D eigenvalue weighted by Crippen LogP contribution is -2.30. The maximum atomic E-state index is 3.39. The summed E-state index contributed by atoms with van der Waals surface area (Å²) in [4.78, 5) is 0. The van der Waals surface area contributed by atoms with Gasteiger partial charge in [-0.1, -0.05) is 25.7 Å². The van der Waals surface area contributed by atoms with Crippen molar-refractivity contribution in [3.05, 3.63) is 0 Å². The standard InChI is InChI=1S/C6H13NSi2/c8-7-9-5-3-1-2-4-6-9/h7H,1-6H2. The minimum atomic E-state index is -0.160. The largest absolute Gasteiger partial charge is 0.364 e. The molecule has 0 aromatic rings. The third kappa shape index (κ3) is 2.64. The fourth-order valence-corrected chi connectivity index (χ4v) is 3.88. The second-order valence-electron chi connectivity index (χ2n) is 2.64. The van der Waals surface area contributed by atoms with Crippen molar-refractivity contribution in [3.63, 3.8) is 0 Å². The van der Waals surface area contributed by atoms with Gasteiger partial charge in [-0.05, 0) is 12.1 Å². The molecule has 0 unspecified atom stereocenters. The Morgan fingerprint density at radius 1 is 1.00 bits per heavy atom. The van der Waals surface area contributed by atoms with E-state index in [9.17, 15) is 0 Å². The molecule has 0 saturated carbocycles. The van der Waals surface area contributed by atoms with Crippen LogP contribution in [0.5, 0.6) is 0 Å². The highest BCUT2D eigenvalue weighted by Crippen LogP contribution is 2.15. The van der Waals surface area contributed by atoms with E-state index in [0.29, 0.717) is 0 Å². The SMILES string of the molecule is [Si]N[Si]1CCCCCC1.